The number of benzene rings is 1. The van der Waals surface area contributed by atoms with Crippen molar-refractivity contribution in [2.24, 2.45) is 0 Å². The molecule has 184 valence electrons. The minimum atomic E-state index is -0.683. The van der Waals surface area contributed by atoms with Crippen molar-refractivity contribution in [3.05, 3.63) is 29.3 Å². The number of carbonyl (C=O) groups is 4. The van der Waals surface area contributed by atoms with Gasteiger partial charge >= 0.3 is 0 Å². The van der Waals surface area contributed by atoms with Crippen LogP contribution in [0.1, 0.15) is 73.7 Å². The van der Waals surface area contributed by atoms with E-state index in [2.05, 4.69) is 16.0 Å². The molecule has 2 fully saturated rings. The van der Waals surface area contributed by atoms with Gasteiger partial charge in [-0.25, -0.2) is 0 Å². The molecule has 4 amide bonds. The second-order valence-electron chi connectivity index (χ2n) is 9.33. The van der Waals surface area contributed by atoms with Gasteiger partial charge in [0.2, 0.25) is 17.7 Å². The SMILES string of the molecule is O=C1CCC(N2Cc3c(NC(=O)COCCCCNC4CCCCC4)cccc3C2=O)C(=O)N1. The summed E-state index contributed by atoms with van der Waals surface area (Å²) in [4.78, 5) is 50.4. The third-order valence-corrected chi connectivity index (χ3v) is 6.84. The number of nitrogens with one attached hydrogen (secondary N) is 3. The van der Waals surface area contributed by atoms with Crippen LogP contribution < -0.4 is 16.0 Å². The van der Waals surface area contributed by atoms with Crippen LogP contribution >= 0.6 is 0 Å². The van der Waals surface area contributed by atoms with Crippen LogP contribution in [0.2, 0.25) is 0 Å². The summed E-state index contributed by atoms with van der Waals surface area (Å²) in [6, 6.07) is 5.12. The fraction of sp³-hybridized carbons (Fsp3) is 0.600. The molecule has 0 bridgehead atoms. The van der Waals surface area contributed by atoms with Crippen molar-refractivity contribution in [3.63, 3.8) is 0 Å². The number of hydrogen-bond acceptors (Lipinski definition) is 6. The molecule has 1 aromatic carbocycles. The van der Waals surface area contributed by atoms with Gasteiger partial charge in [-0.15, -0.1) is 0 Å². The molecule has 3 aliphatic rings. The molecule has 0 aromatic heterocycles. The second kappa shape index (κ2) is 11.6. The third-order valence-electron chi connectivity index (χ3n) is 6.84. The Hall–Kier alpha value is -2.78. The first-order valence-electron chi connectivity index (χ1n) is 12.4. The predicted octanol–water partition coefficient (Wildman–Crippen LogP) is 2.11. The van der Waals surface area contributed by atoms with Gasteiger partial charge in [0, 0.05) is 42.4 Å². The highest BCUT2D eigenvalue weighted by molar-refractivity contribution is 6.06. The zero-order valence-corrected chi connectivity index (χ0v) is 19.6. The number of carbonyl (C=O) groups excluding carboxylic acids is 4. The lowest BCUT2D eigenvalue weighted by atomic mass is 9.95. The average molecular weight is 471 g/mol. The number of piperidine rings is 1. The quantitative estimate of drug-likeness (QED) is 0.356. The largest absolute Gasteiger partial charge is 0.372 e. The highest BCUT2D eigenvalue weighted by Gasteiger charge is 2.39. The second-order valence-corrected chi connectivity index (χ2v) is 9.33. The van der Waals surface area contributed by atoms with Gasteiger partial charge in [0.25, 0.3) is 5.91 Å². The van der Waals surface area contributed by atoms with Crippen molar-refractivity contribution in [1.29, 1.82) is 0 Å². The van der Waals surface area contributed by atoms with E-state index in [1.165, 1.54) is 37.0 Å². The summed E-state index contributed by atoms with van der Waals surface area (Å²) in [5, 5.41) is 8.74. The van der Waals surface area contributed by atoms with Gasteiger partial charge in [-0.05, 0) is 50.8 Å². The molecule has 9 nitrogen and oxygen atoms in total. The number of ether oxygens (including phenoxy) is 1. The van der Waals surface area contributed by atoms with Gasteiger partial charge in [-0.2, -0.15) is 0 Å². The number of nitrogens with zero attached hydrogens (tertiary/aromatic N) is 1. The minimum absolute atomic E-state index is 0.0511. The molecular weight excluding hydrogens is 436 g/mol. The monoisotopic (exact) mass is 470 g/mol. The Labute approximate surface area is 200 Å². The van der Waals surface area contributed by atoms with Crippen LogP contribution in [0.4, 0.5) is 5.69 Å². The van der Waals surface area contributed by atoms with Gasteiger partial charge in [-0.1, -0.05) is 25.3 Å². The molecule has 9 heteroatoms. The maximum absolute atomic E-state index is 12.9. The van der Waals surface area contributed by atoms with E-state index in [0.29, 0.717) is 35.9 Å². The van der Waals surface area contributed by atoms with Crippen LogP contribution in [0, 0.1) is 0 Å². The zero-order chi connectivity index (χ0) is 23.9. The highest BCUT2D eigenvalue weighted by Crippen LogP contribution is 2.32. The van der Waals surface area contributed by atoms with Crippen molar-refractivity contribution in [2.45, 2.75) is 76.4 Å². The molecule has 1 atom stereocenters. The molecule has 2 heterocycles. The first kappa shape index (κ1) is 24.3. The number of rotatable bonds is 10. The van der Waals surface area contributed by atoms with Crippen molar-refractivity contribution in [2.75, 3.05) is 25.1 Å². The van der Waals surface area contributed by atoms with Crippen LogP contribution in [0.15, 0.2) is 18.2 Å². The van der Waals surface area contributed by atoms with E-state index < -0.39 is 11.9 Å². The highest BCUT2D eigenvalue weighted by atomic mass is 16.5. The molecule has 1 saturated heterocycles. The first-order valence-corrected chi connectivity index (χ1v) is 12.4. The van der Waals surface area contributed by atoms with Gasteiger partial charge in [0.05, 0.1) is 0 Å². The normalized spacial score (nSPS) is 20.9. The Kier molecular flexibility index (Phi) is 8.29. The van der Waals surface area contributed by atoms with Crippen LogP contribution in [0.3, 0.4) is 0 Å². The van der Waals surface area contributed by atoms with Gasteiger partial charge < -0.3 is 20.3 Å². The number of unbranched alkanes of at least 4 members (excludes halogenated alkanes) is 1. The minimum Gasteiger partial charge on any atom is -0.372 e. The predicted molar refractivity (Wildman–Crippen MR) is 126 cm³/mol. The summed E-state index contributed by atoms with van der Waals surface area (Å²) >= 11 is 0. The number of amides is 4. The number of hydrogen-bond donors (Lipinski definition) is 3. The molecule has 0 spiro atoms. The Morgan fingerprint density at radius 2 is 1.91 bits per heavy atom. The van der Waals surface area contributed by atoms with Crippen molar-refractivity contribution in [1.82, 2.24) is 15.5 Å². The Morgan fingerprint density at radius 1 is 1.09 bits per heavy atom. The van der Waals surface area contributed by atoms with E-state index in [4.69, 9.17) is 4.74 Å². The molecular formula is C25H34N4O5. The number of imide groups is 1. The fourth-order valence-corrected chi connectivity index (χ4v) is 5.00. The zero-order valence-electron chi connectivity index (χ0n) is 19.6. The summed E-state index contributed by atoms with van der Waals surface area (Å²) < 4.78 is 5.54. The number of anilines is 1. The third kappa shape index (κ3) is 6.01. The lowest BCUT2D eigenvalue weighted by Crippen LogP contribution is -2.52. The van der Waals surface area contributed by atoms with E-state index in [1.54, 1.807) is 18.2 Å². The summed E-state index contributed by atoms with van der Waals surface area (Å²) in [6.07, 6.45) is 8.96. The molecule has 3 N–H and O–H groups in total. The van der Waals surface area contributed by atoms with Gasteiger partial charge in [0.15, 0.2) is 0 Å². The molecule has 34 heavy (non-hydrogen) atoms. The summed E-state index contributed by atoms with van der Waals surface area (Å²) in [7, 11) is 0. The summed E-state index contributed by atoms with van der Waals surface area (Å²) in [6.45, 7) is 1.67. The summed E-state index contributed by atoms with van der Waals surface area (Å²) in [5.41, 5.74) is 1.69. The first-order chi connectivity index (χ1) is 16.5. The molecule has 1 aliphatic carbocycles. The van der Waals surface area contributed by atoms with E-state index in [0.717, 1.165) is 19.4 Å². The Morgan fingerprint density at radius 3 is 2.71 bits per heavy atom. The van der Waals surface area contributed by atoms with Crippen molar-refractivity contribution in [3.8, 4) is 0 Å². The van der Waals surface area contributed by atoms with Gasteiger partial charge in [0.1, 0.15) is 12.6 Å². The van der Waals surface area contributed by atoms with Gasteiger partial charge in [-0.3, -0.25) is 24.5 Å². The van der Waals surface area contributed by atoms with Crippen LogP contribution in [-0.2, 0) is 25.7 Å². The molecule has 1 aromatic rings. The van der Waals surface area contributed by atoms with E-state index in [1.807, 2.05) is 0 Å². The standard InChI is InChI=1S/C25H34N4O5/c30-22-12-11-21(24(32)28-22)29-15-19-18(25(29)33)9-6-10-20(19)27-23(31)16-34-14-5-4-13-26-17-7-2-1-3-8-17/h6,9-10,17,21,26H,1-5,7-8,11-16H2,(H,27,31)(H,28,30,32). The smallest absolute Gasteiger partial charge is 0.255 e. The van der Waals surface area contributed by atoms with Crippen molar-refractivity contribution < 1.29 is 23.9 Å². The Balaban J connectivity index is 1.20. The lowest BCUT2D eigenvalue weighted by molar-refractivity contribution is -0.137. The maximum atomic E-state index is 12.9. The molecule has 0 radical (unpaired) electrons. The van der Waals surface area contributed by atoms with E-state index >= 15 is 0 Å². The molecule has 1 saturated carbocycles. The van der Waals surface area contributed by atoms with E-state index in [9.17, 15) is 19.2 Å². The van der Waals surface area contributed by atoms with E-state index in [-0.39, 0.29) is 37.3 Å². The maximum Gasteiger partial charge on any atom is 0.255 e. The fourth-order valence-electron chi connectivity index (χ4n) is 5.00. The molecule has 1 unspecified atom stereocenters. The van der Waals surface area contributed by atoms with Crippen LogP contribution in [0.5, 0.6) is 0 Å². The summed E-state index contributed by atoms with van der Waals surface area (Å²) in [5.74, 6) is -1.32. The molecule has 4 rings (SSSR count). The van der Waals surface area contributed by atoms with Crippen LogP contribution in [0.25, 0.3) is 0 Å². The Bertz CT molecular complexity index is 928. The average Bonchev–Trinajstić information content (AvgIpc) is 3.16. The van der Waals surface area contributed by atoms with Crippen molar-refractivity contribution >= 4 is 29.3 Å². The molecule has 2 aliphatic heterocycles. The topological polar surface area (TPSA) is 117 Å². The lowest BCUT2D eigenvalue weighted by Gasteiger charge is -2.29. The number of fused-ring (bicyclic) bond motifs is 1. The van der Waals surface area contributed by atoms with Crippen LogP contribution in [-0.4, -0.2) is 60.4 Å².